The Morgan fingerprint density at radius 1 is 1.56 bits per heavy atom. The first-order valence-electron chi connectivity index (χ1n) is 5.40. The summed E-state index contributed by atoms with van der Waals surface area (Å²) in [4.78, 5) is 11.5. The van der Waals surface area contributed by atoms with Crippen molar-refractivity contribution in [3.05, 3.63) is 35.1 Å². The molecule has 0 aliphatic carbocycles. The molecular weight excluding hydrogens is 207 g/mol. The van der Waals surface area contributed by atoms with E-state index in [0.29, 0.717) is 12.1 Å². The third-order valence-corrected chi connectivity index (χ3v) is 2.86. The molecule has 86 valence electrons. The van der Waals surface area contributed by atoms with E-state index in [2.05, 4.69) is 10.6 Å². The molecule has 0 bridgehead atoms. The third-order valence-electron chi connectivity index (χ3n) is 2.86. The number of benzene rings is 1. The number of aryl methyl sites for hydroxylation is 1. The van der Waals surface area contributed by atoms with Crippen LogP contribution in [0.1, 0.15) is 11.1 Å². The number of amides is 1. The van der Waals surface area contributed by atoms with Gasteiger partial charge in [0.1, 0.15) is 5.82 Å². The molecule has 0 atom stereocenters. The fourth-order valence-electron chi connectivity index (χ4n) is 1.55. The highest BCUT2D eigenvalue weighted by atomic mass is 19.1. The summed E-state index contributed by atoms with van der Waals surface area (Å²) in [7, 11) is 0. The molecular formula is C12H15FN2O. The molecule has 1 aliphatic heterocycles. The maximum Gasteiger partial charge on any atom is 0.225 e. The minimum absolute atomic E-state index is 0.0414. The van der Waals surface area contributed by atoms with Crippen molar-refractivity contribution in [2.75, 3.05) is 13.1 Å². The lowest BCUT2D eigenvalue weighted by molar-refractivity contribution is -0.126. The fraction of sp³-hybridized carbons (Fsp3) is 0.417. The second-order valence-corrected chi connectivity index (χ2v) is 4.16. The fourth-order valence-corrected chi connectivity index (χ4v) is 1.55. The number of rotatable bonds is 3. The SMILES string of the molecule is Cc1ccc(CNC(=O)C2CNC2)cc1F. The van der Waals surface area contributed by atoms with Gasteiger partial charge in [-0.2, -0.15) is 0 Å². The van der Waals surface area contributed by atoms with Crippen LogP contribution in [0.15, 0.2) is 18.2 Å². The van der Waals surface area contributed by atoms with E-state index in [1.54, 1.807) is 13.0 Å². The highest BCUT2D eigenvalue weighted by Gasteiger charge is 2.24. The van der Waals surface area contributed by atoms with Gasteiger partial charge in [-0.25, -0.2) is 4.39 Å². The quantitative estimate of drug-likeness (QED) is 0.800. The largest absolute Gasteiger partial charge is 0.352 e. The smallest absolute Gasteiger partial charge is 0.225 e. The van der Waals surface area contributed by atoms with E-state index in [0.717, 1.165) is 18.7 Å². The van der Waals surface area contributed by atoms with E-state index < -0.39 is 0 Å². The summed E-state index contributed by atoms with van der Waals surface area (Å²) in [6.45, 7) is 3.60. The van der Waals surface area contributed by atoms with E-state index in [1.165, 1.54) is 6.07 Å². The summed E-state index contributed by atoms with van der Waals surface area (Å²) in [5.41, 5.74) is 1.42. The van der Waals surface area contributed by atoms with Crippen LogP contribution in [0.5, 0.6) is 0 Å². The van der Waals surface area contributed by atoms with Crippen LogP contribution in [0.2, 0.25) is 0 Å². The Labute approximate surface area is 94.0 Å². The Morgan fingerprint density at radius 2 is 2.31 bits per heavy atom. The van der Waals surface area contributed by atoms with Gasteiger partial charge in [0.15, 0.2) is 0 Å². The van der Waals surface area contributed by atoms with Gasteiger partial charge in [0, 0.05) is 19.6 Å². The molecule has 1 amide bonds. The van der Waals surface area contributed by atoms with Crippen LogP contribution < -0.4 is 10.6 Å². The van der Waals surface area contributed by atoms with E-state index in [9.17, 15) is 9.18 Å². The van der Waals surface area contributed by atoms with E-state index >= 15 is 0 Å². The third kappa shape index (κ3) is 2.39. The standard InChI is InChI=1S/C12H15FN2O/c1-8-2-3-9(4-11(8)13)5-15-12(16)10-6-14-7-10/h2-4,10,14H,5-7H2,1H3,(H,15,16). The second kappa shape index (κ2) is 4.61. The van der Waals surface area contributed by atoms with Crippen LogP contribution in [0.25, 0.3) is 0 Å². The zero-order valence-electron chi connectivity index (χ0n) is 9.22. The predicted octanol–water partition coefficient (Wildman–Crippen LogP) is 0.970. The van der Waals surface area contributed by atoms with Crippen LogP contribution in [0.3, 0.4) is 0 Å². The second-order valence-electron chi connectivity index (χ2n) is 4.16. The summed E-state index contributed by atoms with van der Waals surface area (Å²) < 4.78 is 13.2. The Bertz CT molecular complexity index is 402. The van der Waals surface area contributed by atoms with Gasteiger partial charge in [-0.05, 0) is 24.1 Å². The number of hydrogen-bond donors (Lipinski definition) is 2. The van der Waals surface area contributed by atoms with E-state index in [1.807, 2.05) is 6.07 Å². The molecule has 1 saturated heterocycles. The normalized spacial score (nSPS) is 15.6. The van der Waals surface area contributed by atoms with Crippen LogP contribution in [0, 0.1) is 18.7 Å². The minimum atomic E-state index is -0.225. The lowest BCUT2D eigenvalue weighted by Crippen LogP contribution is -2.50. The van der Waals surface area contributed by atoms with Crippen LogP contribution >= 0.6 is 0 Å². The van der Waals surface area contributed by atoms with Crippen molar-refractivity contribution in [1.29, 1.82) is 0 Å². The molecule has 0 saturated carbocycles. The number of nitrogens with one attached hydrogen (secondary N) is 2. The van der Waals surface area contributed by atoms with Crippen LogP contribution in [0.4, 0.5) is 4.39 Å². The van der Waals surface area contributed by atoms with Crippen molar-refractivity contribution in [2.45, 2.75) is 13.5 Å². The molecule has 0 spiro atoms. The summed E-state index contributed by atoms with van der Waals surface area (Å²) >= 11 is 0. The summed E-state index contributed by atoms with van der Waals surface area (Å²) in [5.74, 6) is -0.105. The van der Waals surface area contributed by atoms with Crippen molar-refractivity contribution in [1.82, 2.24) is 10.6 Å². The number of carbonyl (C=O) groups excluding carboxylic acids is 1. The van der Waals surface area contributed by atoms with Crippen molar-refractivity contribution < 1.29 is 9.18 Å². The van der Waals surface area contributed by atoms with Crippen molar-refractivity contribution in [2.24, 2.45) is 5.92 Å². The molecule has 1 aliphatic rings. The summed E-state index contributed by atoms with van der Waals surface area (Å²) in [5, 5.41) is 5.84. The molecule has 2 N–H and O–H groups in total. The molecule has 1 heterocycles. The summed E-state index contributed by atoms with van der Waals surface area (Å²) in [6, 6.07) is 5.02. The Balaban J connectivity index is 1.89. The highest BCUT2D eigenvalue weighted by molar-refractivity contribution is 5.79. The lowest BCUT2D eigenvalue weighted by atomic mass is 10.0. The molecule has 2 rings (SSSR count). The topological polar surface area (TPSA) is 41.1 Å². The van der Waals surface area contributed by atoms with Gasteiger partial charge in [-0.1, -0.05) is 12.1 Å². The van der Waals surface area contributed by atoms with Gasteiger partial charge in [-0.15, -0.1) is 0 Å². The molecule has 0 radical (unpaired) electrons. The number of halogens is 1. The minimum Gasteiger partial charge on any atom is -0.352 e. The molecule has 1 aromatic carbocycles. The van der Waals surface area contributed by atoms with Crippen molar-refractivity contribution in [3.63, 3.8) is 0 Å². The van der Waals surface area contributed by atoms with E-state index in [-0.39, 0.29) is 17.6 Å². The molecule has 1 fully saturated rings. The maximum absolute atomic E-state index is 13.2. The first-order valence-corrected chi connectivity index (χ1v) is 5.40. The average molecular weight is 222 g/mol. The Morgan fingerprint density at radius 3 is 2.88 bits per heavy atom. The Hall–Kier alpha value is -1.42. The van der Waals surface area contributed by atoms with Gasteiger partial charge in [0.25, 0.3) is 0 Å². The molecule has 1 aromatic rings. The van der Waals surface area contributed by atoms with Crippen LogP contribution in [-0.4, -0.2) is 19.0 Å². The first kappa shape index (κ1) is 11.1. The maximum atomic E-state index is 13.2. The molecule has 16 heavy (non-hydrogen) atoms. The van der Waals surface area contributed by atoms with Gasteiger partial charge in [0.05, 0.1) is 5.92 Å². The zero-order chi connectivity index (χ0) is 11.5. The lowest BCUT2D eigenvalue weighted by Gasteiger charge is -2.25. The number of hydrogen-bond acceptors (Lipinski definition) is 2. The zero-order valence-corrected chi connectivity index (χ0v) is 9.22. The van der Waals surface area contributed by atoms with E-state index in [4.69, 9.17) is 0 Å². The predicted molar refractivity (Wildman–Crippen MR) is 59.3 cm³/mol. The van der Waals surface area contributed by atoms with Crippen molar-refractivity contribution in [3.8, 4) is 0 Å². The monoisotopic (exact) mass is 222 g/mol. The van der Waals surface area contributed by atoms with Gasteiger partial charge < -0.3 is 10.6 Å². The van der Waals surface area contributed by atoms with Gasteiger partial charge in [-0.3, -0.25) is 4.79 Å². The molecule has 0 aromatic heterocycles. The summed E-state index contributed by atoms with van der Waals surface area (Å²) in [6.07, 6.45) is 0. The number of carbonyl (C=O) groups is 1. The van der Waals surface area contributed by atoms with Crippen LogP contribution in [-0.2, 0) is 11.3 Å². The Kier molecular flexibility index (Phi) is 3.19. The molecule has 4 heteroatoms. The molecule has 3 nitrogen and oxygen atoms in total. The van der Waals surface area contributed by atoms with Gasteiger partial charge in [0.2, 0.25) is 5.91 Å². The average Bonchev–Trinajstić information content (AvgIpc) is 2.17. The van der Waals surface area contributed by atoms with Gasteiger partial charge >= 0.3 is 0 Å². The molecule has 0 unspecified atom stereocenters. The first-order chi connectivity index (χ1) is 7.66. The highest BCUT2D eigenvalue weighted by Crippen LogP contribution is 2.09. The van der Waals surface area contributed by atoms with Crippen molar-refractivity contribution >= 4 is 5.91 Å².